The van der Waals surface area contributed by atoms with Crippen LogP contribution in [-0.4, -0.2) is 40.9 Å². The molecule has 1 aromatic heterocycles. The van der Waals surface area contributed by atoms with Crippen LogP contribution in [0.4, 0.5) is 0 Å². The molecule has 90 valence electrons. The van der Waals surface area contributed by atoms with E-state index in [1.165, 1.54) is 24.9 Å². The van der Waals surface area contributed by atoms with Gasteiger partial charge in [-0.15, -0.1) is 0 Å². The molecule has 1 N–H and O–H groups in total. The van der Waals surface area contributed by atoms with Crippen LogP contribution in [0.5, 0.6) is 0 Å². The predicted octanol–water partition coefficient (Wildman–Crippen LogP) is 1.16. The normalized spacial score (nSPS) is 23.8. The van der Waals surface area contributed by atoms with Gasteiger partial charge in [0, 0.05) is 37.4 Å². The highest BCUT2D eigenvalue weighted by molar-refractivity contribution is 5.10. The Morgan fingerprint density at radius 1 is 1.62 bits per heavy atom. The number of aryl methyl sites for hydroxylation is 1. The lowest BCUT2D eigenvalue weighted by Crippen LogP contribution is -2.38. The number of rotatable bonds is 4. The SMILES string of the molecule is CNCC1CCCN1C(C)c1cnn(C)c1. The van der Waals surface area contributed by atoms with Crippen molar-refractivity contribution in [3.63, 3.8) is 0 Å². The van der Waals surface area contributed by atoms with E-state index in [4.69, 9.17) is 0 Å². The lowest BCUT2D eigenvalue weighted by atomic mass is 10.1. The van der Waals surface area contributed by atoms with Gasteiger partial charge in [0.05, 0.1) is 6.20 Å². The van der Waals surface area contributed by atoms with E-state index in [0.29, 0.717) is 12.1 Å². The minimum atomic E-state index is 0.481. The van der Waals surface area contributed by atoms with Crippen LogP contribution >= 0.6 is 0 Å². The van der Waals surface area contributed by atoms with Crippen molar-refractivity contribution in [1.82, 2.24) is 20.0 Å². The smallest absolute Gasteiger partial charge is 0.0537 e. The van der Waals surface area contributed by atoms with Gasteiger partial charge in [-0.1, -0.05) is 0 Å². The fourth-order valence-electron chi connectivity index (χ4n) is 2.67. The van der Waals surface area contributed by atoms with Crippen molar-refractivity contribution >= 4 is 0 Å². The molecule has 4 heteroatoms. The second-order valence-electron chi connectivity index (χ2n) is 4.71. The van der Waals surface area contributed by atoms with Crippen LogP contribution in [0.3, 0.4) is 0 Å². The Kier molecular flexibility index (Phi) is 3.61. The van der Waals surface area contributed by atoms with Crippen molar-refractivity contribution < 1.29 is 0 Å². The summed E-state index contributed by atoms with van der Waals surface area (Å²) in [4.78, 5) is 2.59. The Balaban J connectivity index is 2.05. The first kappa shape index (κ1) is 11.6. The molecule has 2 atom stereocenters. The first-order valence-corrected chi connectivity index (χ1v) is 6.11. The number of nitrogens with one attached hydrogen (secondary N) is 1. The van der Waals surface area contributed by atoms with Crippen LogP contribution in [-0.2, 0) is 7.05 Å². The number of hydrogen-bond donors (Lipinski definition) is 1. The number of nitrogens with zero attached hydrogens (tertiary/aromatic N) is 3. The summed E-state index contributed by atoms with van der Waals surface area (Å²) in [6.45, 7) is 4.58. The van der Waals surface area contributed by atoms with Crippen molar-refractivity contribution in [3.8, 4) is 0 Å². The summed E-state index contributed by atoms with van der Waals surface area (Å²) in [7, 11) is 4.01. The highest BCUT2D eigenvalue weighted by Gasteiger charge is 2.28. The van der Waals surface area contributed by atoms with Crippen molar-refractivity contribution in [2.24, 2.45) is 7.05 Å². The molecule has 1 aromatic rings. The number of likely N-dealkylation sites (tertiary alicyclic amines) is 1. The van der Waals surface area contributed by atoms with E-state index in [1.54, 1.807) is 0 Å². The van der Waals surface area contributed by atoms with E-state index in [1.807, 2.05) is 25.0 Å². The standard InChI is InChI=1S/C12H22N4/c1-10(11-7-14-15(3)9-11)16-6-4-5-12(16)8-13-2/h7,9-10,12-13H,4-6,8H2,1-3H3. The summed E-state index contributed by atoms with van der Waals surface area (Å²) in [5.74, 6) is 0. The summed E-state index contributed by atoms with van der Waals surface area (Å²) in [5, 5.41) is 7.54. The zero-order chi connectivity index (χ0) is 11.5. The lowest BCUT2D eigenvalue weighted by molar-refractivity contribution is 0.191. The van der Waals surface area contributed by atoms with Crippen molar-refractivity contribution in [1.29, 1.82) is 0 Å². The number of hydrogen-bond acceptors (Lipinski definition) is 3. The summed E-state index contributed by atoms with van der Waals surface area (Å²) in [6.07, 6.45) is 6.74. The third-order valence-corrected chi connectivity index (χ3v) is 3.57. The van der Waals surface area contributed by atoms with Gasteiger partial charge >= 0.3 is 0 Å². The van der Waals surface area contributed by atoms with Gasteiger partial charge in [-0.05, 0) is 33.4 Å². The minimum Gasteiger partial charge on any atom is -0.318 e. The maximum absolute atomic E-state index is 4.25. The number of likely N-dealkylation sites (N-methyl/N-ethyl adjacent to an activating group) is 1. The van der Waals surface area contributed by atoms with E-state index in [2.05, 4.69) is 28.4 Å². The Hall–Kier alpha value is -0.870. The van der Waals surface area contributed by atoms with Crippen molar-refractivity contribution in [3.05, 3.63) is 18.0 Å². The molecule has 1 aliphatic rings. The van der Waals surface area contributed by atoms with E-state index >= 15 is 0 Å². The van der Waals surface area contributed by atoms with Gasteiger partial charge in [0.25, 0.3) is 0 Å². The first-order chi connectivity index (χ1) is 7.72. The predicted molar refractivity (Wildman–Crippen MR) is 65.3 cm³/mol. The molecule has 0 aliphatic carbocycles. The molecule has 1 aliphatic heterocycles. The van der Waals surface area contributed by atoms with E-state index in [-0.39, 0.29) is 0 Å². The molecule has 0 saturated carbocycles. The molecule has 0 aromatic carbocycles. The van der Waals surface area contributed by atoms with Crippen LogP contribution < -0.4 is 5.32 Å². The summed E-state index contributed by atoms with van der Waals surface area (Å²) in [6, 6.07) is 1.16. The minimum absolute atomic E-state index is 0.481. The van der Waals surface area contributed by atoms with Gasteiger partial charge < -0.3 is 5.32 Å². The van der Waals surface area contributed by atoms with E-state index in [9.17, 15) is 0 Å². The van der Waals surface area contributed by atoms with E-state index in [0.717, 1.165) is 6.54 Å². The molecule has 2 unspecified atom stereocenters. The summed E-state index contributed by atoms with van der Waals surface area (Å²) >= 11 is 0. The molecule has 4 nitrogen and oxygen atoms in total. The molecule has 0 bridgehead atoms. The van der Waals surface area contributed by atoms with Crippen LogP contribution in [0, 0.1) is 0 Å². The van der Waals surface area contributed by atoms with Crippen LogP contribution in [0.1, 0.15) is 31.4 Å². The third kappa shape index (κ3) is 2.28. The zero-order valence-corrected chi connectivity index (χ0v) is 10.5. The monoisotopic (exact) mass is 222 g/mol. The Morgan fingerprint density at radius 2 is 2.44 bits per heavy atom. The maximum atomic E-state index is 4.25. The average molecular weight is 222 g/mol. The van der Waals surface area contributed by atoms with Gasteiger partial charge in [-0.2, -0.15) is 5.10 Å². The van der Waals surface area contributed by atoms with Gasteiger partial charge in [-0.3, -0.25) is 9.58 Å². The second-order valence-corrected chi connectivity index (χ2v) is 4.71. The largest absolute Gasteiger partial charge is 0.318 e. The maximum Gasteiger partial charge on any atom is 0.0537 e. The molecule has 0 spiro atoms. The first-order valence-electron chi connectivity index (χ1n) is 6.11. The zero-order valence-electron chi connectivity index (χ0n) is 10.5. The average Bonchev–Trinajstić information content (AvgIpc) is 2.87. The third-order valence-electron chi connectivity index (χ3n) is 3.57. The Bertz CT molecular complexity index is 334. The fourth-order valence-corrected chi connectivity index (χ4v) is 2.67. The molecular weight excluding hydrogens is 200 g/mol. The Labute approximate surface area is 97.6 Å². The molecule has 1 saturated heterocycles. The molecule has 0 radical (unpaired) electrons. The van der Waals surface area contributed by atoms with Gasteiger partial charge in [-0.25, -0.2) is 0 Å². The quantitative estimate of drug-likeness (QED) is 0.830. The second kappa shape index (κ2) is 4.97. The topological polar surface area (TPSA) is 33.1 Å². The van der Waals surface area contributed by atoms with Crippen LogP contribution in [0.15, 0.2) is 12.4 Å². The summed E-state index contributed by atoms with van der Waals surface area (Å²) < 4.78 is 1.88. The van der Waals surface area contributed by atoms with Crippen LogP contribution in [0.25, 0.3) is 0 Å². The lowest BCUT2D eigenvalue weighted by Gasteiger charge is -2.30. The van der Waals surface area contributed by atoms with E-state index < -0.39 is 0 Å². The van der Waals surface area contributed by atoms with Crippen LogP contribution in [0.2, 0.25) is 0 Å². The Morgan fingerprint density at radius 3 is 3.06 bits per heavy atom. The molecule has 2 rings (SSSR count). The molecule has 2 heterocycles. The highest BCUT2D eigenvalue weighted by atomic mass is 15.3. The summed E-state index contributed by atoms with van der Waals surface area (Å²) in [5.41, 5.74) is 1.32. The fraction of sp³-hybridized carbons (Fsp3) is 0.750. The van der Waals surface area contributed by atoms with Gasteiger partial charge in [0.2, 0.25) is 0 Å². The number of aromatic nitrogens is 2. The molecule has 16 heavy (non-hydrogen) atoms. The molecule has 0 amide bonds. The van der Waals surface area contributed by atoms with Crippen molar-refractivity contribution in [2.75, 3.05) is 20.1 Å². The molecular formula is C12H22N4. The van der Waals surface area contributed by atoms with Gasteiger partial charge in [0.15, 0.2) is 0 Å². The van der Waals surface area contributed by atoms with Crippen molar-refractivity contribution in [2.45, 2.75) is 31.8 Å². The highest BCUT2D eigenvalue weighted by Crippen LogP contribution is 2.28. The van der Waals surface area contributed by atoms with Gasteiger partial charge in [0.1, 0.15) is 0 Å². The molecule has 1 fully saturated rings.